The minimum atomic E-state index is -4.08. The number of benzene rings is 3. The number of carbonyl (C=O) groups excluding carboxylic acids is 2. The SMILES string of the molecule is Cc1ccc(S(=O)(=O)N(CC(=O)N(CCc2ccccc2)[C@@H](C)C(=O)NC2CCCCC2)c2cc(C)cc(C)c2)cc1. The van der Waals surface area contributed by atoms with Gasteiger partial charge in [0.05, 0.1) is 10.6 Å². The quantitative estimate of drug-likeness (QED) is 0.310. The van der Waals surface area contributed by atoms with Gasteiger partial charge in [-0.15, -0.1) is 0 Å². The summed E-state index contributed by atoms with van der Waals surface area (Å²) in [7, 11) is -4.08. The first-order chi connectivity index (χ1) is 20.0. The van der Waals surface area contributed by atoms with Crippen LogP contribution in [0.3, 0.4) is 0 Å². The second-order valence-electron chi connectivity index (χ2n) is 11.5. The van der Waals surface area contributed by atoms with Crippen LogP contribution in [0, 0.1) is 20.8 Å². The highest BCUT2D eigenvalue weighted by Gasteiger charge is 2.33. The van der Waals surface area contributed by atoms with Crippen molar-refractivity contribution >= 4 is 27.5 Å². The monoisotopic (exact) mass is 589 g/mol. The Morgan fingerprint density at radius 2 is 1.48 bits per heavy atom. The number of aryl methyl sites for hydroxylation is 3. The molecular weight excluding hydrogens is 546 g/mol. The summed E-state index contributed by atoms with van der Waals surface area (Å²) in [6.45, 7) is 7.29. The second kappa shape index (κ2) is 14.0. The summed E-state index contributed by atoms with van der Waals surface area (Å²) in [6.07, 6.45) is 5.75. The van der Waals surface area contributed by atoms with E-state index in [9.17, 15) is 18.0 Å². The molecule has 8 heteroatoms. The molecule has 224 valence electrons. The molecular formula is C34H43N3O4S. The fourth-order valence-corrected chi connectivity index (χ4v) is 7.00. The molecule has 4 rings (SSSR count). The molecule has 1 aliphatic rings. The number of hydrogen-bond acceptors (Lipinski definition) is 4. The third kappa shape index (κ3) is 8.00. The number of amides is 2. The molecule has 0 aromatic heterocycles. The minimum Gasteiger partial charge on any atom is -0.352 e. The minimum absolute atomic E-state index is 0.105. The van der Waals surface area contributed by atoms with E-state index in [1.54, 1.807) is 43.3 Å². The molecule has 0 heterocycles. The molecule has 1 atom stereocenters. The van der Waals surface area contributed by atoms with Crippen molar-refractivity contribution < 1.29 is 18.0 Å². The predicted molar refractivity (Wildman–Crippen MR) is 168 cm³/mol. The summed E-state index contributed by atoms with van der Waals surface area (Å²) >= 11 is 0. The zero-order valence-electron chi connectivity index (χ0n) is 25.2. The molecule has 3 aromatic carbocycles. The van der Waals surface area contributed by atoms with E-state index in [1.807, 2.05) is 57.2 Å². The number of anilines is 1. The number of rotatable bonds is 11. The summed E-state index contributed by atoms with van der Waals surface area (Å²) in [4.78, 5) is 29.2. The van der Waals surface area contributed by atoms with Crippen molar-refractivity contribution in [1.82, 2.24) is 10.2 Å². The van der Waals surface area contributed by atoms with Crippen molar-refractivity contribution in [3.05, 3.63) is 95.1 Å². The second-order valence-corrected chi connectivity index (χ2v) is 13.4. The van der Waals surface area contributed by atoms with E-state index in [0.717, 1.165) is 47.9 Å². The Morgan fingerprint density at radius 1 is 0.857 bits per heavy atom. The highest BCUT2D eigenvalue weighted by molar-refractivity contribution is 7.92. The van der Waals surface area contributed by atoms with Crippen LogP contribution in [0.15, 0.2) is 77.7 Å². The number of carbonyl (C=O) groups is 2. The fraction of sp³-hybridized carbons (Fsp3) is 0.412. The van der Waals surface area contributed by atoms with Gasteiger partial charge in [0.15, 0.2) is 0 Å². The van der Waals surface area contributed by atoms with Gasteiger partial charge in [-0.2, -0.15) is 0 Å². The first-order valence-corrected chi connectivity index (χ1v) is 16.3. The Bertz CT molecular complexity index is 1450. The lowest BCUT2D eigenvalue weighted by molar-refractivity contribution is -0.139. The molecule has 1 fully saturated rings. The van der Waals surface area contributed by atoms with E-state index in [1.165, 1.54) is 15.6 Å². The number of sulfonamides is 1. The molecule has 3 aromatic rings. The third-order valence-corrected chi connectivity index (χ3v) is 9.77. The lowest BCUT2D eigenvalue weighted by Gasteiger charge is -2.33. The van der Waals surface area contributed by atoms with Crippen LogP contribution >= 0.6 is 0 Å². The van der Waals surface area contributed by atoms with Crippen molar-refractivity contribution in [2.45, 2.75) is 83.2 Å². The van der Waals surface area contributed by atoms with Crippen LogP contribution in [0.4, 0.5) is 5.69 Å². The molecule has 1 aliphatic carbocycles. The maximum absolute atomic E-state index is 14.1. The Morgan fingerprint density at radius 3 is 2.10 bits per heavy atom. The van der Waals surface area contributed by atoms with E-state index < -0.39 is 28.5 Å². The molecule has 0 radical (unpaired) electrons. The first-order valence-electron chi connectivity index (χ1n) is 14.9. The van der Waals surface area contributed by atoms with Gasteiger partial charge in [-0.05, 0) is 87.9 Å². The van der Waals surface area contributed by atoms with E-state index >= 15 is 0 Å². The lowest BCUT2D eigenvalue weighted by atomic mass is 9.95. The van der Waals surface area contributed by atoms with Gasteiger partial charge in [0, 0.05) is 12.6 Å². The van der Waals surface area contributed by atoms with E-state index in [0.29, 0.717) is 12.1 Å². The summed E-state index contributed by atoms with van der Waals surface area (Å²) in [5.74, 6) is -0.630. The largest absolute Gasteiger partial charge is 0.352 e. The molecule has 0 aliphatic heterocycles. The first kappa shape index (κ1) is 31.3. The predicted octanol–water partition coefficient (Wildman–Crippen LogP) is 5.72. The van der Waals surface area contributed by atoms with Gasteiger partial charge < -0.3 is 10.2 Å². The number of nitrogens with one attached hydrogen (secondary N) is 1. The van der Waals surface area contributed by atoms with E-state index in [2.05, 4.69) is 5.32 Å². The van der Waals surface area contributed by atoms with Crippen LogP contribution in [-0.2, 0) is 26.0 Å². The van der Waals surface area contributed by atoms with Gasteiger partial charge in [0.2, 0.25) is 11.8 Å². The molecule has 0 spiro atoms. The lowest BCUT2D eigenvalue weighted by Crippen LogP contribution is -2.53. The zero-order chi connectivity index (χ0) is 30.3. The summed E-state index contributed by atoms with van der Waals surface area (Å²) in [6, 6.07) is 21.3. The molecule has 42 heavy (non-hydrogen) atoms. The third-order valence-electron chi connectivity index (χ3n) is 7.99. The van der Waals surface area contributed by atoms with Crippen LogP contribution < -0.4 is 9.62 Å². The van der Waals surface area contributed by atoms with Crippen LogP contribution in [0.2, 0.25) is 0 Å². The topological polar surface area (TPSA) is 86.8 Å². The molecule has 7 nitrogen and oxygen atoms in total. The van der Waals surface area contributed by atoms with E-state index in [4.69, 9.17) is 0 Å². The van der Waals surface area contributed by atoms with Crippen molar-refractivity contribution in [1.29, 1.82) is 0 Å². The number of hydrogen-bond donors (Lipinski definition) is 1. The fourth-order valence-electron chi connectivity index (χ4n) is 5.60. The van der Waals surface area contributed by atoms with Crippen molar-refractivity contribution in [2.75, 3.05) is 17.4 Å². The summed E-state index contributed by atoms with van der Waals surface area (Å²) < 4.78 is 29.3. The van der Waals surface area contributed by atoms with Gasteiger partial charge in [0.1, 0.15) is 12.6 Å². The van der Waals surface area contributed by atoms with Crippen LogP contribution in [0.5, 0.6) is 0 Å². The maximum atomic E-state index is 14.1. The highest BCUT2D eigenvalue weighted by atomic mass is 32.2. The van der Waals surface area contributed by atoms with E-state index in [-0.39, 0.29) is 23.4 Å². The molecule has 1 saturated carbocycles. The Hall–Kier alpha value is -3.65. The van der Waals surface area contributed by atoms with Gasteiger partial charge >= 0.3 is 0 Å². The zero-order valence-corrected chi connectivity index (χ0v) is 26.0. The van der Waals surface area contributed by atoms with Gasteiger partial charge in [0.25, 0.3) is 10.0 Å². The average molecular weight is 590 g/mol. The Balaban J connectivity index is 1.66. The van der Waals surface area contributed by atoms with Crippen LogP contribution in [0.25, 0.3) is 0 Å². The smallest absolute Gasteiger partial charge is 0.264 e. The summed E-state index contributed by atoms with van der Waals surface area (Å²) in [5, 5.41) is 3.15. The molecule has 2 amide bonds. The van der Waals surface area contributed by atoms with Crippen LogP contribution in [-0.4, -0.2) is 50.3 Å². The Labute approximate surface area is 251 Å². The maximum Gasteiger partial charge on any atom is 0.264 e. The molecule has 1 N–H and O–H groups in total. The van der Waals surface area contributed by atoms with Crippen molar-refractivity contribution in [2.24, 2.45) is 0 Å². The highest BCUT2D eigenvalue weighted by Crippen LogP contribution is 2.27. The summed E-state index contributed by atoms with van der Waals surface area (Å²) in [5.41, 5.74) is 4.18. The average Bonchev–Trinajstić information content (AvgIpc) is 2.96. The van der Waals surface area contributed by atoms with Crippen molar-refractivity contribution in [3.63, 3.8) is 0 Å². The molecule has 0 bridgehead atoms. The van der Waals surface area contributed by atoms with Gasteiger partial charge in [-0.25, -0.2) is 8.42 Å². The van der Waals surface area contributed by atoms with Gasteiger partial charge in [-0.3, -0.25) is 13.9 Å². The normalized spacial score (nSPS) is 14.7. The standard InChI is InChI=1S/C34H43N3O4S/c1-25-15-17-32(18-16-25)42(40,41)37(31-22-26(2)21-27(3)23-31)24-33(38)36(20-19-29-11-7-5-8-12-29)28(4)34(39)35-30-13-9-6-10-14-30/h5,7-8,11-12,15-18,21-23,28,30H,6,9-10,13-14,19-20,24H2,1-4H3,(H,35,39)/t28-/m0/s1. The Kier molecular flexibility index (Phi) is 10.4. The van der Waals surface area contributed by atoms with Gasteiger partial charge in [-0.1, -0.05) is 73.4 Å². The molecule has 0 saturated heterocycles. The van der Waals surface area contributed by atoms with Crippen LogP contribution in [0.1, 0.15) is 61.3 Å². The molecule has 0 unspecified atom stereocenters. The number of nitrogens with zero attached hydrogens (tertiary/aromatic N) is 2. The van der Waals surface area contributed by atoms with Crippen molar-refractivity contribution in [3.8, 4) is 0 Å².